The number of hydrogen-bond acceptors (Lipinski definition) is 4. The van der Waals surface area contributed by atoms with Crippen molar-refractivity contribution in [3.63, 3.8) is 0 Å². The second-order valence-corrected chi connectivity index (χ2v) is 8.78. The molecule has 8 heteroatoms. The lowest BCUT2D eigenvalue weighted by atomic mass is 9.84. The van der Waals surface area contributed by atoms with Gasteiger partial charge in [-0.15, -0.1) is 11.3 Å². The van der Waals surface area contributed by atoms with Crippen LogP contribution >= 0.6 is 11.3 Å². The van der Waals surface area contributed by atoms with Gasteiger partial charge in [0.2, 0.25) is 11.8 Å². The van der Waals surface area contributed by atoms with Crippen LogP contribution in [-0.2, 0) is 16.0 Å². The molecule has 0 aromatic carbocycles. The van der Waals surface area contributed by atoms with Crippen LogP contribution in [0.1, 0.15) is 30.6 Å². The lowest BCUT2D eigenvalue weighted by molar-refractivity contribution is -0.138. The molecule has 1 aromatic heterocycles. The van der Waals surface area contributed by atoms with Crippen LogP contribution in [0, 0.1) is 5.41 Å². The van der Waals surface area contributed by atoms with Crippen molar-refractivity contribution < 1.29 is 9.59 Å². The number of amides is 2. The second-order valence-electron chi connectivity index (χ2n) is 7.75. The van der Waals surface area contributed by atoms with Gasteiger partial charge in [0.15, 0.2) is 5.96 Å². The van der Waals surface area contributed by atoms with Crippen molar-refractivity contribution in [1.29, 1.82) is 0 Å². The molecule has 1 fully saturated rings. The van der Waals surface area contributed by atoms with E-state index in [0.717, 1.165) is 38.6 Å². The summed E-state index contributed by atoms with van der Waals surface area (Å²) in [5.41, 5.74) is -0.384. The predicted molar refractivity (Wildman–Crippen MR) is 115 cm³/mol. The third kappa shape index (κ3) is 6.22. The van der Waals surface area contributed by atoms with Gasteiger partial charge in [-0.1, -0.05) is 18.9 Å². The van der Waals surface area contributed by atoms with Crippen LogP contribution in [0.2, 0.25) is 0 Å². The lowest BCUT2D eigenvalue weighted by Crippen LogP contribution is -2.49. The Labute approximate surface area is 172 Å². The van der Waals surface area contributed by atoms with Crippen molar-refractivity contribution in [1.82, 2.24) is 20.4 Å². The first-order valence-electron chi connectivity index (χ1n) is 9.80. The first-order valence-corrected chi connectivity index (χ1v) is 10.7. The van der Waals surface area contributed by atoms with Crippen LogP contribution in [-0.4, -0.2) is 75.4 Å². The zero-order chi connectivity index (χ0) is 20.6. The van der Waals surface area contributed by atoms with E-state index in [0.29, 0.717) is 12.5 Å². The van der Waals surface area contributed by atoms with Gasteiger partial charge in [-0.2, -0.15) is 0 Å². The van der Waals surface area contributed by atoms with Gasteiger partial charge in [0.05, 0.1) is 5.41 Å². The molecule has 1 aliphatic carbocycles. The quantitative estimate of drug-likeness (QED) is 0.507. The molecule has 0 radical (unpaired) electrons. The molecule has 156 valence electrons. The predicted octanol–water partition coefficient (Wildman–Crippen LogP) is 1.56. The summed E-state index contributed by atoms with van der Waals surface area (Å²) in [5, 5.41) is 8.71. The lowest BCUT2D eigenvalue weighted by Gasteiger charge is -2.31. The molecule has 0 unspecified atom stereocenters. The molecule has 1 aromatic rings. The van der Waals surface area contributed by atoms with Crippen molar-refractivity contribution in [2.45, 2.75) is 32.1 Å². The third-order valence-electron chi connectivity index (χ3n) is 5.13. The molecule has 2 rings (SSSR count). The van der Waals surface area contributed by atoms with Crippen LogP contribution < -0.4 is 10.6 Å². The molecule has 7 nitrogen and oxygen atoms in total. The minimum atomic E-state index is -0.384. The number of likely N-dealkylation sites (N-methyl/N-ethyl adjacent to an activating group) is 1. The highest BCUT2D eigenvalue weighted by Crippen LogP contribution is 2.38. The molecule has 2 amide bonds. The zero-order valence-electron chi connectivity index (χ0n) is 17.5. The first kappa shape index (κ1) is 22.2. The number of hydrogen-bond donors (Lipinski definition) is 2. The van der Waals surface area contributed by atoms with Crippen molar-refractivity contribution in [2.75, 3.05) is 47.8 Å². The Hall–Kier alpha value is -2.09. The van der Waals surface area contributed by atoms with E-state index in [-0.39, 0.29) is 23.8 Å². The van der Waals surface area contributed by atoms with Gasteiger partial charge in [0.25, 0.3) is 0 Å². The molecule has 0 atom stereocenters. The molecule has 1 saturated carbocycles. The number of aliphatic imine (C=N–C) groups is 1. The van der Waals surface area contributed by atoms with E-state index >= 15 is 0 Å². The van der Waals surface area contributed by atoms with Crippen LogP contribution in [0.15, 0.2) is 22.5 Å². The number of nitrogens with one attached hydrogen (secondary N) is 2. The third-order valence-corrected chi connectivity index (χ3v) is 6.07. The summed E-state index contributed by atoms with van der Waals surface area (Å²) in [5.74, 6) is 0.698. The summed E-state index contributed by atoms with van der Waals surface area (Å²) in [6.45, 7) is 1.33. The van der Waals surface area contributed by atoms with Gasteiger partial charge in [0.1, 0.15) is 6.54 Å². The smallest absolute Gasteiger partial charge is 0.243 e. The van der Waals surface area contributed by atoms with Gasteiger partial charge in [-0.3, -0.25) is 9.59 Å². The maximum absolute atomic E-state index is 12.8. The van der Waals surface area contributed by atoms with Crippen molar-refractivity contribution >= 4 is 29.1 Å². The van der Waals surface area contributed by atoms with E-state index in [9.17, 15) is 9.59 Å². The highest BCUT2D eigenvalue weighted by molar-refractivity contribution is 7.09. The Morgan fingerprint density at radius 3 is 2.43 bits per heavy atom. The Morgan fingerprint density at radius 1 is 1.14 bits per heavy atom. The fourth-order valence-corrected chi connectivity index (χ4v) is 4.18. The van der Waals surface area contributed by atoms with E-state index in [1.54, 1.807) is 30.3 Å². The summed E-state index contributed by atoms with van der Waals surface area (Å²) in [6, 6.07) is 4.15. The zero-order valence-corrected chi connectivity index (χ0v) is 18.3. The van der Waals surface area contributed by atoms with Gasteiger partial charge in [-0.05, 0) is 30.7 Å². The van der Waals surface area contributed by atoms with Crippen molar-refractivity contribution in [3.05, 3.63) is 22.4 Å². The van der Waals surface area contributed by atoms with Gasteiger partial charge >= 0.3 is 0 Å². The molecule has 0 aliphatic heterocycles. The largest absolute Gasteiger partial charge is 0.356 e. The van der Waals surface area contributed by atoms with Crippen molar-refractivity contribution in [2.24, 2.45) is 10.4 Å². The molecule has 0 spiro atoms. The second kappa shape index (κ2) is 10.5. The summed E-state index contributed by atoms with van der Waals surface area (Å²) in [4.78, 5) is 33.7. The highest BCUT2D eigenvalue weighted by Gasteiger charge is 2.42. The fraction of sp³-hybridized carbons (Fsp3) is 0.650. The SMILES string of the molecule is CN(C)C(=O)CN=C(NCCc1cccs1)NCC1(C(=O)N(C)C)CCCC1. The van der Waals surface area contributed by atoms with Crippen molar-refractivity contribution in [3.8, 4) is 0 Å². The molecule has 1 heterocycles. The highest BCUT2D eigenvalue weighted by atomic mass is 32.1. The maximum atomic E-state index is 12.8. The van der Waals surface area contributed by atoms with Crippen LogP contribution in [0.5, 0.6) is 0 Å². The Balaban J connectivity index is 2.01. The van der Waals surface area contributed by atoms with Crippen LogP contribution in [0.3, 0.4) is 0 Å². The molecule has 0 bridgehead atoms. The average Bonchev–Trinajstić information content (AvgIpc) is 3.34. The molecule has 28 heavy (non-hydrogen) atoms. The fourth-order valence-electron chi connectivity index (χ4n) is 3.47. The molecular weight excluding hydrogens is 374 g/mol. The number of carbonyl (C=O) groups excluding carboxylic acids is 2. The first-order chi connectivity index (χ1) is 13.3. The van der Waals surface area contributed by atoms with E-state index in [2.05, 4.69) is 27.1 Å². The summed E-state index contributed by atoms with van der Waals surface area (Å²) < 4.78 is 0. The van der Waals surface area contributed by atoms with Gasteiger partial charge < -0.3 is 20.4 Å². The Bertz CT molecular complexity index is 664. The maximum Gasteiger partial charge on any atom is 0.243 e. The Kier molecular flexibility index (Phi) is 8.29. The average molecular weight is 408 g/mol. The standard InChI is InChI=1S/C20H33N5O2S/c1-24(2)17(26)14-22-19(21-12-9-16-8-7-13-28-16)23-15-20(10-5-6-11-20)18(27)25(3)4/h7-8,13H,5-6,9-12,14-15H2,1-4H3,(H2,21,22,23). The molecule has 1 aliphatic rings. The summed E-state index contributed by atoms with van der Waals surface area (Å²) in [7, 11) is 7.07. The minimum absolute atomic E-state index is 0.0562. The van der Waals surface area contributed by atoms with Crippen LogP contribution in [0.4, 0.5) is 0 Å². The minimum Gasteiger partial charge on any atom is -0.356 e. The van der Waals surface area contributed by atoms with Gasteiger partial charge in [0, 0.05) is 46.2 Å². The summed E-state index contributed by atoms with van der Waals surface area (Å²) in [6.07, 6.45) is 4.80. The molecule has 2 N–H and O–H groups in total. The monoisotopic (exact) mass is 407 g/mol. The number of rotatable bonds is 8. The molecule has 0 saturated heterocycles. The topological polar surface area (TPSA) is 77.0 Å². The Morgan fingerprint density at radius 2 is 1.86 bits per heavy atom. The number of thiophene rings is 1. The normalized spacial score (nSPS) is 15.9. The van der Waals surface area contributed by atoms with Gasteiger partial charge in [-0.25, -0.2) is 4.99 Å². The summed E-state index contributed by atoms with van der Waals surface area (Å²) >= 11 is 1.73. The van der Waals surface area contributed by atoms with Crippen LogP contribution in [0.25, 0.3) is 0 Å². The van der Waals surface area contributed by atoms with E-state index in [1.165, 1.54) is 9.78 Å². The van der Waals surface area contributed by atoms with E-state index < -0.39 is 0 Å². The number of nitrogens with zero attached hydrogens (tertiary/aromatic N) is 3. The van der Waals surface area contributed by atoms with E-state index in [1.807, 2.05) is 20.2 Å². The van der Waals surface area contributed by atoms with E-state index in [4.69, 9.17) is 0 Å². The number of carbonyl (C=O) groups is 2. The molecular formula is C20H33N5O2S. The number of guanidine groups is 1.